The Bertz CT molecular complexity index is 186. The van der Waals surface area contributed by atoms with E-state index in [0.29, 0.717) is 0 Å². The highest BCUT2D eigenvalue weighted by molar-refractivity contribution is 4.61. The van der Waals surface area contributed by atoms with E-state index in [0.717, 1.165) is 11.8 Å². The highest BCUT2D eigenvalue weighted by atomic mass is 14.1. The lowest BCUT2D eigenvalue weighted by Gasteiger charge is -2.17. The molecule has 0 saturated carbocycles. The van der Waals surface area contributed by atoms with Gasteiger partial charge in [-0.15, -0.1) is 0 Å². The van der Waals surface area contributed by atoms with Crippen LogP contribution in [0.5, 0.6) is 0 Å². The minimum absolute atomic E-state index is 0.949. The summed E-state index contributed by atoms with van der Waals surface area (Å²) in [6.45, 7) is 9.57. The van der Waals surface area contributed by atoms with Gasteiger partial charge in [-0.2, -0.15) is 0 Å². The van der Waals surface area contributed by atoms with Crippen molar-refractivity contribution in [3.05, 3.63) is 0 Å². The molecule has 0 spiro atoms. The Morgan fingerprint density at radius 2 is 0.739 bits per heavy atom. The first-order valence-corrected chi connectivity index (χ1v) is 11.2. The van der Waals surface area contributed by atoms with Gasteiger partial charge in [0.2, 0.25) is 0 Å². The molecule has 0 heteroatoms. The summed E-state index contributed by atoms with van der Waals surface area (Å²) < 4.78 is 0. The molecule has 0 aliphatic carbocycles. The zero-order valence-corrected chi connectivity index (χ0v) is 17.2. The van der Waals surface area contributed by atoms with Crippen molar-refractivity contribution in [1.29, 1.82) is 0 Å². The molecule has 2 atom stereocenters. The van der Waals surface area contributed by atoms with Crippen molar-refractivity contribution in [3.63, 3.8) is 0 Å². The van der Waals surface area contributed by atoms with E-state index in [9.17, 15) is 0 Å². The fourth-order valence-corrected chi connectivity index (χ4v) is 3.82. The van der Waals surface area contributed by atoms with Crippen LogP contribution in [-0.2, 0) is 0 Å². The van der Waals surface area contributed by atoms with Crippen LogP contribution in [0.15, 0.2) is 0 Å². The van der Waals surface area contributed by atoms with Crippen molar-refractivity contribution in [2.75, 3.05) is 0 Å². The first kappa shape index (κ1) is 23.0. The first-order chi connectivity index (χ1) is 11.2. The van der Waals surface area contributed by atoms with Gasteiger partial charge in [0.1, 0.15) is 0 Å². The summed E-state index contributed by atoms with van der Waals surface area (Å²) >= 11 is 0. The van der Waals surface area contributed by atoms with Gasteiger partial charge in [0.15, 0.2) is 0 Å². The molecule has 0 heterocycles. The molecule has 0 aromatic rings. The number of unbranched alkanes of at least 4 members (excludes halogenated alkanes) is 12. The van der Waals surface area contributed by atoms with Crippen LogP contribution in [0.25, 0.3) is 0 Å². The minimum Gasteiger partial charge on any atom is -0.0654 e. The molecule has 0 saturated heterocycles. The van der Waals surface area contributed by atoms with Crippen molar-refractivity contribution in [1.82, 2.24) is 0 Å². The Kier molecular flexibility index (Phi) is 18.3. The molecule has 0 rings (SSSR count). The normalized spacial score (nSPS) is 14.1. The number of rotatable bonds is 18. The van der Waals surface area contributed by atoms with E-state index in [1.54, 1.807) is 0 Å². The van der Waals surface area contributed by atoms with Gasteiger partial charge in [-0.3, -0.25) is 0 Å². The lowest BCUT2D eigenvalue weighted by Crippen LogP contribution is -2.03. The van der Waals surface area contributed by atoms with E-state index in [-0.39, 0.29) is 0 Å². The van der Waals surface area contributed by atoms with Crippen LogP contribution in [0.2, 0.25) is 0 Å². The summed E-state index contributed by atoms with van der Waals surface area (Å²) in [4.78, 5) is 0. The third kappa shape index (κ3) is 18.2. The van der Waals surface area contributed by atoms with E-state index in [1.165, 1.54) is 109 Å². The molecule has 0 nitrogen and oxygen atoms in total. The zero-order valence-electron chi connectivity index (χ0n) is 17.2. The molecule has 0 aliphatic heterocycles. The average molecular weight is 325 g/mol. The fourth-order valence-electron chi connectivity index (χ4n) is 3.82. The summed E-state index contributed by atoms with van der Waals surface area (Å²) in [7, 11) is 0. The molecule has 23 heavy (non-hydrogen) atoms. The van der Waals surface area contributed by atoms with Crippen LogP contribution in [0.1, 0.15) is 137 Å². The molecule has 0 radical (unpaired) electrons. The highest BCUT2D eigenvalue weighted by Gasteiger charge is 2.08. The van der Waals surface area contributed by atoms with Crippen LogP contribution in [0.4, 0.5) is 0 Å². The van der Waals surface area contributed by atoms with Crippen LogP contribution in [0, 0.1) is 11.8 Å². The largest absolute Gasteiger partial charge is 0.0654 e. The van der Waals surface area contributed by atoms with Crippen molar-refractivity contribution in [3.8, 4) is 0 Å². The van der Waals surface area contributed by atoms with Gasteiger partial charge in [-0.05, 0) is 18.3 Å². The third-order valence-electron chi connectivity index (χ3n) is 5.41. The Morgan fingerprint density at radius 3 is 1.09 bits per heavy atom. The molecule has 0 fully saturated rings. The van der Waals surface area contributed by atoms with Crippen molar-refractivity contribution < 1.29 is 0 Å². The molecule has 0 N–H and O–H groups in total. The summed E-state index contributed by atoms with van der Waals surface area (Å²) in [6.07, 6.45) is 24.7. The van der Waals surface area contributed by atoms with Gasteiger partial charge in [0, 0.05) is 0 Å². The van der Waals surface area contributed by atoms with Gasteiger partial charge in [-0.1, -0.05) is 130 Å². The fraction of sp³-hybridized carbons (Fsp3) is 1.00. The van der Waals surface area contributed by atoms with E-state index in [2.05, 4.69) is 27.7 Å². The molecule has 0 aromatic heterocycles. The van der Waals surface area contributed by atoms with E-state index >= 15 is 0 Å². The van der Waals surface area contributed by atoms with Crippen LogP contribution in [-0.4, -0.2) is 0 Å². The highest BCUT2D eigenvalue weighted by Crippen LogP contribution is 2.23. The second-order valence-electron chi connectivity index (χ2n) is 8.27. The quantitative estimate of drug-likeness (QED) is 0.221. The maximum Gasteiger partial charge on any atom is -0.0440 e. The molecule has 0 bridgehead atoms. The van der Waals surface area contributed by atoms with Crippen LogP contribution >= 0.6 is 0 Å². The van der Waals surface area contributed by atoms with E-state index < -0.39 is 0 Å². The maximum absolute atomic E-state index is 2.48. The Labute approximate surface area is 149 Å². The van der Waals surface area contributed by atoms with Gasteiger partial charge in [0.05, 0.1) is 0 Å². The first-order valence-electron chi connectivity index (χ1n) is 11.2. The smallest absolute Gasteiger partial charge is 0.0440 e. The number of hydrogen-bond donors (Lipinski definition) is 0. The van der Waals surface area contributed by atoms with E-state index in [1.807, 2.05) is 0 Å². The molecule has 140 valence electrons. The second-order valence-corrected chi connectivity index (χ2v) is 8.27. The lowest BCUT2D eigenvalue weighted by molar-refractivity contribution is 0.356. The Balaban J connectivity index is 3.32. The second kappa shape index (κ2) is 18.3. The van der Waals surface area contributed by atoms with Gasteiger partial charge >= 0.3 is 0 Å². The van der Waals surface area contributed by atoms with Gasteiger partial charge < -0.3 is 0 Å². The molecular formula is C23H48. The summed E-state index contributed by atoms with van der Waals surface area (Å²) in [5.41, 5.74) is 0. The van der Waals surface area contributed by atoms with Crippen molar-refractivity contribution in [2.24, 2.45) is 11.8 Å². The standard InChI is InChI=1S/C23H48/c1-5-7-9-11-13-15-17-19-22(3)21-23(4)20-18-16-14-12-10-8-6-2/h22-23H,5-21H2,1-4H3/t22-,23-/m1/s1. The topological polar surface area (TPSA) is 0 Å². The Morgan fingerprint density at radius 1 is 0.435 bits per heavy atom. The van der Waals surface area contributed by atoms with E-state index in [4.69, 9.17) is 0 Å². The van der Waals surface area contributed by atoms with Gasteiger partial charge in [-0.25, -0.2) is 0 Å². The third-order valence-corrected chi connectivity index (χ3v) is 5.41. The monoisotopic (exact) mass is 324 g/mol. The SMILES string of the molecule is CCCCCCCCC[C@@H](C)C[C@H](C)CCCCCCCCC. The van der Waals surface area contributed by atoms with Crippen molar-refractivity contribution >= 4 is 0 Å². The van der Waals surface area contributed by atoms with Gasteiger partial charge in [0.25, 0.3) is 0 Å². The molecule has 0 amide bonds. The molecule has 0 aliphatic rings. The zero-order chi connectivity index (χ0) is 17.2. The summed E-state index contributed by atoms with van der Waals surface area (Å²) in [5.74, 6) is 1.90. The maximum atomic E-state index is 2.48. The van der Waals surface area contributed by atoms with Crippen molar-refractivity contribution in [2.45, 2.75) is 137 Å². The molecule has 0 aromatic carbocycles. The van der Waals surface area contributed by atoms with Crippen LogP contribution < -0.4 is 0 Å². The summed E-state index contributed by atoms with van der Waals surface area (Å²) in [6, 6.07) is 0. The molecule has 0 unspecified atom stereocenters. The summed E-state index contributed by atoms with van der Waals surface area (Å²) in [5, 5.41) is 0. The lowest BCUT2D eigenvalue weighted by atomic mass is 9.89. The average Bonchev–Trinajstić information content (AvgIpc) is 2.53. The predicted molar refractivity (Wildman–Crippen MR) is 108 cm³/mol. The van der Waals surface area contributed by atoms with Crippen LogP contribution in [0.3, 0.4) is 0 Å². The molecular weight excluding hydrogens is 276 g/mol. The minimum atomic E-state index is 0.949. The number of hydrogen-bond acceptors (Lipinski definition) is 0. The predicted octanol–water partition coefficient (Wildman–Crippen LogP) is 8.93. The Hall–Kier alpha value is 0.